The third-order valence-electron chi connectivity index (χ3n) is 4.29. The maximum atomic E-state index is 12.6. The SMILES string of the molecule is CCCOc1ccc(N(CC(=O)Nc2nnc(-c3ccc(OC)cc3)s2)S(C)(=O)=O)cc1. The van der Waals surface area contributed by atoms with Crippen molar-refractivity contribution >= 4 is 38.1 Å². The van der Waals surface area contributed by atoms with Crippen LogP contribution in [0.1, 0.15) is 13.3 Å². The number of hydrogen-bond acceptors (Lipinski definition) is 8. The van der Waals surface area contributed by atoms with Crippen molar-refractivity contribution in [2.75, 3.05) is 36.1 Å². The summed E-state index contributed by atoms with van der Waals surface area (Å²) in [4.78, 5) is 12.6. The highest BCUT2D eigenvalue weighted by Gasteiger charge is 2.22. The Morgan fingerprint density at radius 1 is 1.06 bits per heavy atom. The van der Waals surface area contributed by atoms with Crippen molar-refractivity contribution in [1.29, 1.82) is 0 Å². The van der Waals surface area contributed by atoms with E-state index in [0.717, 1.165) is 28.3 Å². The van der Waals surface area contributed by atoms with Crippen molar-refractivity contribution in [3.63, 3.8) is 0 Å². The molecule has 1 amide bonds. The number of sulfonamides is 1. The van der Waals surface area contributed by atoms with Gasteiger partial charge in [0.1, 0.15) is 23.1 Å². The molecule has 1 heterocycles. The number of methoxy groups -OCH3 is 1. The van der Waals surface area contributed by atoms with Gasteiger partial charge in [0.15, 0.2) is 0 Å². The molecular formula is C21H24N4O5S2. The molecule has 2 aromatic carbocycles. The van der Waals surface area contributed by atoms with Crippen LogP contribution in [0.5, 0.6) is 11.5 Å². The molecule has 0 atom stereocenters. The first-order chi connectivity index (χ1) is 15.3. The Bertz CT molecular complexity index is 1150. The molecule has 0 spiro atoms. The van der Waals surface area contributed by atoms with Gasteiger partial charge in [0.05, 0.1) is 25.7 Å². The minimum absolute atomic E-state index is 0.276. The summed E-state index contributed by atoms with van der Waals surface area (Å²) in [5.41, 5.74) is 1.19. The summed E-state index contributed by atoms with van der Waals surface area (Å²) in [6.45, 7) is 2.17. The molecule has 0 saturated heterocycles. The summed E-state index contributed by atoms with van der Waals surface area (Å²) in [7, 11) is -2.11. The lowest BCUT2D eigenvalue weighted by Crippen LogP contribution is -2.37. The Labute approximate surface area is 191 Å². The monoisotopic (exact) mass is 476 g/mol. The minimum atomic E-state index is -3.69. The molecular weight excluding hydrogens is 452 g/mol. The van der Waals surface area contributed by atoms with Crippen molar-refractivity contribution < 1.29 is 22.7 Å². The number of rotatable bonds is 10. The van der Waals surface area contributed by atoms with Gasteiger partial charge in [0.2, 0.25) is 21.1 Å². The number of hydrogen-bond donors (Lipinski definition) is 1. The second-order valence-corrected chi connectivity index (χ2v) is 9.69. The standard InChI is InChI=1S/C21H24N4O5S2/c1-4-13-30-18-11-7-16(8-12-18)25(32(3,27)28)14-19(26)22-21-24-23-20(31-21)15-5-9-17(29-2)10-6-15/h5-12H,4,13-14H2,1-3H3,(H,22,24,26). The number of nitrogens with zero attached hydrogens (tertiary/aromatic N) is 3. The van der Waals surface area contributed by atoms with Gasteiger partial charge in [-0.3, -0.25) is 14.4 Å². The number of carbonyl (C=O) groups excluding carboxylic acids is 1. The van der Waals surface area contributed by atoms with Crippen molar-refractivity contribution in [3.8, 4) is 22.1 Å². The first-order valence-corrected chi connectivity index (χ1v) is 12.4. The minimum Gasteiger partial charge on any atom is -0.497 e. The molecule has 1 aromatic heterocycles. The zero-order valence-electron chi connectivity index (χ0n) is 17.9. The van der Waals surface area contributed by atoms with E-state index < -0.39 is 22.5 Å². The van der Waals surface area contributed by atoms with Crippen LogP contribution in [0, 0.1) is 0 Å². The third-order valence-corrected chi connectivity index (χ3v) is 6.32. The van der Waals surface area contributed by atoms with E-state index in [0.29, 0.717) is 23.1 Å². The smallest absolute Gasteiger partial charge is 0.246 e. The molecule has 0 aliphatic carbocycles. The zero-order chi connectivity index (χ0) is 23.1. The van der Waals surface area contributed by atoms with Crippen molar-refractivity contribution in [1.82, 2.24) is 10.2 Å². The fourth-order valence-electron chi connectivity index (χ4n) is 2.74. The molecule has 3 rings (SSSR count). The van der Waals surface area contributed by atoms with Gasteiger partial charge in [-0.1, -0.05) is 18.3 Å². The van der Waals surface area contributed by atoms with Crippen LogP contribution in [0.3, 0.4) is 0 Å². The fourth-order valence-corrected chi connectivity index (χ4v) is 4.36. The molecule has 0 unspecified atom stereocenters. The molecule has 0 aliphatic heterocycles. The van der Waals surface area contributed by atoms with Gasteiger partial charge in [0, 0.05) is 5.56 Å². The average molecular weight is 477 g/mol. The second kappa shape index (κ2) is 10.4. The van der Waals surface area contributed by atoms with Gasteiger partial charge in [-0.05, 0) is 55.0 Å². The van der Waals surface area contributed by atoms with E-state index >= 15 is 0 Å². The molecule has 0 aliphatic rings. The molecule has 0 fully saturated rings. The highest BCUT2D eigenvalue weighted by Crippen LogP contribution is 2.28. The van der Waals surface area contributed by atoms with E-state index in [-0.39, 0.29) is 5.13 Å². The Kier molecular flexibility index (Phi) is 7.65. The zero-order valence-corrected chi connectivity index (χ0v) is 19.6. The van der Waals surface area contributed by atoms with Crippen LogP contribution in [0.2, 0.25) is 0 Å². The Morgan fingerprint density at radius 3 is 2.31 bits per heavy atom. The maximum Gasteiger partial charge on any atom is 0.246 e. The Balaban J connectivity index is 1.69. The molecule has 170 valence electrons. The number of amides is 1. The van der Waals surface area contributed by atoms with Crippen LogP contribution in [0.25, 0.3) is 10.6 Å². The molecule has 3 aromatic rings. The van der Waals surface area contributed by atoms with Crippen LogP contribution in [-0.4, -0.2) is 51.0 Å². The maximum absolute atomic E-state index is 12.6. The lowest BCUT2D eigenvalue weighted by Gasteiger charge is -2.21. The van der Waals surface area contributed by atoms with E-state index in [4.69, 9.17) is 9.47 Å². The number of aromatic nitrogens is 2. The first kappa shape index (κ1) is 23.5. The highest BCUT2D eigenvalue weighted by molar-refractivity contribution is 7.92. The van der Waals surface area contributed by atoms with Crippen molar-refractivity contribution in [2.24, 2.45) is 0 Å². The Hall–Kier alpha value is -3.18. The predicted molar refractivity (Wildman–Crippen MR) is 125 cm³/mol. The number of benzene rings is 2. The number of ether oxygens (including phenoxy) is 2. The lowest BCUT2D eigenvalue weighted by molar-refractivity contribution is -0.114. The van der Waals surface area contributed by atoms with Crippen LogP contribution in [-0.2, 0) is 14.8 Å². The van der Waals surface area contributed by atoms with Crippen LogP contribution in [0.4, 0.5) is 10.8 Å². The quantitative estimate of drug-likeness (QED) is 0.477. The molecule has 11 heteroatoms. The summed E-state index contributed by atoms with van der Waals surface area (Å²) < 4.78 is 36.3. The molecule has 0 radical (unpaired) electrons. The van der Waals surface area contributed by atoms with Crippen molar-refractivity contribution in [2.45, 2.75) is 13.3 Å². The Morgan fingerprint density at radius 2 is 1.72 bits per heavy atom. The molecule has 32 heavy (non-hydrogen) atoms. The van der Waals surface area contributed by atoms with Gasteiger partial charge in [-0.15, -0.1) is 10.2 Å². The fraction of sp³-hybridized carbons (Fsp3) is 0.286. The second-order valence-electron chi connectivity index (χ2n) is 6.80. The van der Waals surface area contributed by atoms with Gasteiger partial charge in [-0.2, -0.15) is 0 Å². The predicted octanol–water partition coefficient (Wildman–Crippen LogP) is 3.41. The van der Waals surface area contributed by atoms with E-state index in [2.05, 4.69) is 15.5 Å². The van der Waals surface area contributed by atoms with Crippen LogP contribution in [0.15, 0.2) is 48.5 Å². The number of nitrogens with one attached hydrogen (secondary N) is 1. The highest BCUT2D eigenvalue weighted by atomic mass is 32.2. The first-order valence-electron chi connectivity index (χ1n) is 9.78. The van der Waals surface area contributed by atoms with Crippen LogP contribution >= 0.6 is 11.3 Å². The van der Waals surface area contributed by atoms with E-state index in [1.807, 2.05) is 19.1 Å². The summed E-state index contributed by atoms with van der Waals surface area (Å²) in [6.07, 6.45) is 1.91. The summed E-state index contributed by atoms with van der Waals surface area (Å²) >= 11 is 1.19. The van der Waals surface area contributed by atoms with Gasteiger partial charge in [0.25, 0.3) is 0 Å². The molecule has 0 saturated carbocycles. The number of carbonyl (C=O) groups is 1. The lowest BCUT2D eigenvalue weighted by atomic mass is 10.2. The third kappa shape index (κ3) is 6.17. The van der Waals surface area contributed by atoms with Crippen molar-refractivity contribution in [3.05, 3.63) is 48.5 Å². The summed E-state index contributed by atoms with van der Waals surface area (Å²) in [5.74, 6) is 0.824. The molecule has 9 nitrogen and oxygen atoms in total. The number of anilines is 2. The van der Waals surface area contributed by atoms with Gasteiger partial charge >= 0.3 is 0 Å². The molecule has 0 bridgehead atoms. The van der Waals surface area contributed by atoms with E-state index in [1.165, 1.54) is 11.3 Å². The van der Waals surface area contributed by atoms with Gasteiger partial charge < -0.3 is 9.47 Å². The summed E-state index contributed by atoms with van der Waals surface area (Å²) in [5, 5.41) is 11.6. The average Bonchev–Trinajstić information content (AvgIpc) is 3.24. The largest absolute Gasteiger partial charge is 0.497 e. The summed E-state index contributed by atoms with van der Waals surface area (Å²) in [6, 6.07) is 13.8. The van der Waals surface area contributed by atoms with Crippen LogP contribution < -0.4 is 19.1 Å². The van der Waals surface area contributed by atoms with Gasteiger partial charge in [-0.25, -0.2) is 8.42 Å². The topological polar surface area (TPSA) is 111 Å². The molecule has 1 N–H and O–H groups in total. The van der Waals surface area contributed by atoms with E-state index in [9.17, 15) is 13.2 Å². The normalized spacial score (nSPS) is 11.1. The van der Waals surface area contributed by atoms with E-state index in [1.54, 1.807) is 43.5 Å².